The summed E-state index contributed by atoms with van der Waals surface area (Å²) in [7, 11) is 0. The fourth-order valence-electron chi connectivity index (χ4n) is 3.80. The minimum atomic E-state index is -3.16. The number of hydrogen-bond acceptors (Lipinski definition) is 7. The molecule has 7 nitrogen and oxygen atoms in total. The summed E-state index contributed by atoms with van der Waals surface area (Å²) in [6.45, 7) is 2.19. The molecule has 1 aliphatic rings. The van der Waals surface area contributed by atoms with Crippen molar-refractivity contribution in [2.24, 2.45) is 5.92 Å². The number of ether oxygens (including phenoxy) is 3. The van der Waals surface area contributed by atoms with Gasteiger partial charge in [-0.2, -0.15) is 8.78 Å². The number of pyridine rings is 1. The standard InChI is InChI=1S/C24H25F4N3O4/c1-13(32)17-9-15(23(29)35-24(30)22(27)28)11-31-19(17)4-2-3-14-12-33-8-7-20(14)34-21-6-5-16(25)10-18(21)26/h5-6,9-11,14,20,22,29-30H,2-4,7-8,12H2,1H3. The number of carbonyl (C=O) groups is 1. The first-order valence-corrected chi connectivity index (χ1v) is 11.0. The van der Waals surface area contributed by atoms with Crippen LogP contribution < -0.4 is 4.74 Å². The van der Waals surface area contributed by atoms with Crippen molar-refractivity contribution >= 4 is 17.6 Å². The van der Waals surface area contributed by atoms with E-state index in [4.69, 9.17) is 20.3 Å². The maximum Gasteiger partial charge on any atom is 0.312 e. The van der Waals surface area contributed by atoms with E-state index in [1.807, 2.05) is 0 Å². The Hall–Kier alpha value is -3.34. The molecule has 1 saturated heterocycles. The molecule has 2 aromatic rings. The van der Waals surface area contributed by atoms with Gasteiger partial charge in [-0.15, -0.1) is 0 Å². The summed E-state index contributed by atoms with van der Waals surface area (Å²) in [6.07, 6.45) is -0.0851. The minimum absolute atomic E-state index is 0.000168. The van der Waals surface area contributed by atoms with Crippen molar-refractivity contribution in [3.63, 3.8) is 0 Å². The topological polar surface area (TPSA) is 105 Å². The second kappa shape index (κ2) is 11.9. The SMILES string of the molecule is CC(=O)c1cc(C(=N)OC(=N)C(F)F)cnc1CCCC1COCCC1Oc1ccc(F)cc1F. The van der Waals surface area contributed by atoms with E-state index >= 15 is 0 Å². The van der Waals surface area contributed by atoms with Crippen molar-refractivity contribution in [3.8, 4) is 5.75 Å². The van der Waals surface area contributed by atoms with Gasteiger partial charge in [0.05, 0.1) is 24.5 Å². The second-order valence-corrected chi connectivity index (χ2v) is 8.12. The number of hydrogen-bond donors (Lipinski definition) is 2. The summed E-state index contributed by atoms with van der Waals surface area (Å²) in [5.74, 6) is -3.94. The summed E-state index contributed by atoms with van der Waals surface area (Å²) >= 11 is 0. The van der Waals surface area contributed by atoms with Gasteiger partial charge in [0.15, 0.2) is 17.3 Å². The molecule has 2 unspecified atom stereocenters. The number of alkyl halides is 2. The Morgan fingerprint density at radius 3 is 2.71 bits per heavy atom. The third-order valence-electron chi connectivity index (χ3n) is 5.59. The molecule has 1 fully saturated rings. The molecule has 2 heterocycles. The summed E-state index contributed by atoms with van der Waals surface area (Å²) in [6, 6.07) is 4.49. The van der Waals surface area contributed by atoms with Gasteiger partial charge in [-0.1, -0.05) is 0 Å². The van der Waals surface area contributed by atoms with Crippen LogP contribution in [0.25, 0.3) is 0 Å². The van der Waals surface area contributed by atoms with E-state index < -0.39 is 29.9 Å². The summed E-state index contributed by atoms with van der Waals surface area (Å²) in [5, 5.41) is 14.8. The Morgan fingerprint density at radius 1 is 1.26 bits per heavy atom. The van der Waals surface area contributed by atoms with E-state index in [1.165, 1.54) is 25.3 Å². The highest BCUT2D eigenvalue weighted by Gasteiger charge is 2.28. The number of aromatic nitrogens is 1. The molecule has 3 rings (SSSR count). The van der Waals surface area contributed by atoms with E-state index in [9.17, 15) is 22.4 Å². The molecule has 0 saturated carbocycles. The molecule has 2 atom stereocenters. The van der Waals surface area contributed by atoms with Crippen LogP contribution >= 0.6 is 0 Å². The van der Waals surface area contributed by atoms with Gasteiger partial charge in [-0.05, 0) is 44.4 Å². The number of aryl methyl sites for hydroxylation is 1. The van der Waals surface area contributed by atoms with E-state index in [2.05, 4.69) is 9.72 Å². The Labute approximate surface area is 199 Å². The predicted molar refractivity (Wildman–Crippen MR) is 119 cm³/mol. The molecule has 35 heavy (non-hydrogen) atoms. The lowest BCUT2D eigenvalue weighted by Crippen LogP contribution is -2.36. The fraction of sp³-hybridized carbons (Fsp3) is 0.417. The molecule has 0 amide bonds. The van der Waals surface area contributed by atoms with Crippen LogP contribution in [-0.2, 0) is 15.9 Å². The maximum atomic E-state index is 14.0. The number of Topliss-reactive ketones (excluding diaryl/α,β-unsaturated/α-hetero) is 1. The first-order chi connectivity index (χ1) is 16.7. The predicted octanol–water partition coefficient (Wildman–Crippen LogP) is 4.95. The third kappa shape index (κ3) is 7.08. The summed E-state index contributed by atoms with van der Waals surface area (Å²) in [5.41, 5.74) is 0.692. The van der Waals surface area contributed by atoms with Crippen LogP contribution in [0.3, 0.4) is 0 Å². The molecular formula is C24H25F4N3O4. The van der Waals surface area contributed by atoms with E-state index in [-0.39, 0.29) is 34.7 Å². The van der Waals surface area contributed by atoms with Crippen molar-refractivity contribution in [1.82, 2.24) is 4.98 Å². The molecule has 1 aromatic carbocycles. The van der Waals surface area contributed by atoms with Gasteiger partial charge in [-0.3, -0.25) is 20.6 Å². The summed E-state index contributed by atoms with van der Waals surface area (Å²) in [4.78, 5) is 16.3. The molecular weight excluding hydrogens is 470 g/mol. The third-order valence-corrected chi connectivity index (χ3v) is 5.59. The van der Waals surface area contributed by atoms with Crippen LogP contribution in [0.15, 0.2) is 30.5 Å². The van der Waals surface area contributed by atoms with Crippen molar-refractivity contribution in [2.45, 2.75) is 45.1 Å². The van der Waals surface area contributed by atoms with Crippen molar-refractivity contribution < 1.29 is 36.6 Å². The number of nitrogens with one attached hydrogen (secondary N) is 2. The lowest BCUT2D eigenvalue weighted by Gasteiger charge is -2.32. The molecule has 0 bridgehead atoms. The zero-order valence-electron chi connectivity index (χ0n) is 19.0. The van der Waals surface area contributed by atoms with Gasteiger partial charge in [0, 0.05) is 30.2 Å². The quantitative estimate of drug-likeness (QED) is 0.222. The van der Waals surface area contributed by atoms with Crippen molar-refractivity contribution in [3.05, 3.63) is 58.9 Å². The second-order valence-electron chi connectivity index (χ2n) is 8.12. The number of carbonyl (C=O) groups excluding carboxylic acids is 1. The highest BCUT2D eigenvalue weighted by atomic mass is 19.3. The molecule has 11 heteroatoms. The van der Waals surface area contributed by atoms with Gasteiger partial charge in [0.1, 0.15) is 11.9 Å². The van der Waals surface area contributed by atoms with Crippen molar-refractivity contribution in [1.29, 1.82) is 10.8 Å². The molecule has 1 aliphatic heterocycles. The zero-order valence-corrected chi connectivity index (χ0v) is 19.0. The molecule has 0 radical (unpaired) electrons. The zero-order chi connectivity index (χ0) is 25.5. The molecule has 2 N–H and O–H groups in total. The Morgan fingerprint density at radius 2 is 2.03 bits per heavy atom. The van der Waals surface area contributed by atoms with Gasteiger partial charge in [-0.25, -0.2) is 8.78 Å². The number of rotatable bonds is 9. The molecule has 0 spiro atoms. The van der Waals surface area contributed by atoms with Crippen LogP contribution in [0.4, 0.5) is 17.6 Å². The Bertz CT molecular complexity index is 1100. The summed E-state index contributed by atoms with van der Waals surface area (Å²) < 4.78 is 68.0. The number of halogens is 4. The molecule has 188 valence electrons. The van der Waals surface area contributed by atoms with E-state index in [0.29, 0.717) is 44.6 Å². The highest BCUT2D eigenvalue weighted by molar-refractivity contribution is 6.02. The van der Waals surface area contributed by atoms with Crippen LogP contribution in [0, 0.1) is 28.4 Å². The van der Waals surface area contributed by atoms with E-state index in [0.717, 1.165) is 12.1 Å². The lowest BCUT2D eigenvalue weighted by atomic mass is 9.91. The van der Waals surface area contributed by atoms with Gasteiger partial charge < -0.3 is 14.2 Å². The number of nitrogens with zero attached hydrogens (tertiary/aromatic N) is 1. The highest BCUT2D eigenvalue weighted by Crippen LogP contribution is 2.28. The van der Waals surface area contributed by atoms with Gasteiger partial charge in [0.2, 0.25) is 5.90 Å². The van der Waals surface area contributed by atoms with Crippen LogP contribution in [-0.4, -0.2) is 48.3 Å². The number of ketones is 1. The largest absolute Gasteiger partial charge is 0.487 e. The lowest BCUT2D eigenvalue weighted by molar-refractivity contribution is -0.0283. The average molecular weight is 495 g/mol. The maximum absolute atomic E-state index is 14.0. The normalized spacial score (nSPS) is 17.8. The molecule has 0 aliphatic carbocycles. The van der Waals surface area contributed by atoms with E-state index in [1.54, 1.807) is 0 Å². The van der Waals surface area contributed by atoms with Crippen LogP contribution in [0.1, 0.15) is 47.8 Å². The fourth-order valence-corrected chi connectivity index (χ4v) is 3.80. The first-order valence-electron chi connectivity index (χ1n) is 11.0. The molecule has 1 aromatic heterocycles. The van der Waals surface area contributed by atoms with Crippen LogP contribution in [0.5, 0.6) is 5.75 Å². The smallest absolute Gasteiger partial charge is 0.312 e. The monoisotopic (exact) mass is 495 g/mol. The van der Waals surface area contributed by atoms with Crippen LogP contribution in [0.2, 0.25) is 0 Å². The first kappa shape index (κ1) is 26.3. The number of benzene rings is 1. The Kier molecular flexibility index (Phi) is 8.91. The minimum Gasteiger partial charge on any atom is -0.487 e. The average Bonchev–Trinajstić information content (AvgIpc) is 2.81. The Balaban J connectivity index is 1.64. The van der Waals surface area contributed by atoms with Gasteiger partial charge >= 0.3 is 6.43 Å². The van der Waals surface area contributed by atoms with Crippen molar-refractivity contribution in [2.75, 3.05) is 13.2 Å². The van der Waals surface area contributed by atoms with Gasteiger partial charge in [0.25, 0.3) is 5.90 Å².